The molecule has 20 heavy (non-hydrogen) atoms. The molecule has 2 rings (SSSR count). The predicted molar refractivity (Wildman–Crippen MR) is 73.5 cm³/mol. The van der Waals surface area contributed by atoms with E-state index in [9.17, 15) is 9.59 Å². The molecule has 0 atom stereocenters. The summed E-state index contributed by atoms with van der Waals surface area (Å²) in [6.07, 6.45) is 3.07. The Morgan fingerprint density at radius 2 is 2.00 bits per heavy atom. The molecule has 0 radical (unpaired) electrons. The third kappa shape index (κ3) is 2.72. The lowest BCUT2D eigenvalue weighted by Crippen LogP contribution is -2.22. The minimum atomic E-state index is -0.472. The van der Waals surface area contributed by atoms with Gasteiger partial charge in [0.1, 0.15) is 0 Å². The maximum Gasteiger partial charge on any atom is 0.332 e. The van der Waals surface area contributed by atoms with Crippen molar-refractivity contribution in [3.8, 4) is 0 Å². The lowest BCUT2D eigenvalue weighted by molar-refractivity contribution is -0.138. The number of hydrogen-bond acceptors (Lipinski definition) is 4. The first-order chi connectivity index (χ1) is 9.69. The normalized spacial score (nSPS) is 15.6. The maximum atomic E-state index is 12.1. The zero-order valence-corrected chi connectivity index (χ0v) is 11.6. The van der Waals surface area contributed by atoms with Crippen molar-refractivity contribution in [2.24, 2.45) is 0 Å². The number of fused-ring (bicyclic) bond motifs is 1. The largest absolute Gasteiger partial charge is 0.462 e. The zero-order chi connectivity index (χ0) is 14.5. The Morgan fingerprint density at radius 3 is 2.65 bits per heavy atom. The molecule has 5 heteroatoms. The molecule has 0 unspecified atom stereocenters. The van der Waals surface area contributed by atoms with Crippen molar-refractivity contribution in [3.63, 3.8) is 0 Å². The number of hydrogen-bond donors (Lipinski definition) is 0. The topological polar surface area (TPSA) is 55.8 Å². The number of nitrogens with zero attached hydrogens (tertiary/aromatic N) is 1. The van der Waals surface area contributed by atoms with Crippen LogP contribution in [-0.4, -0.2) is 30.7 Å². The summed E-state index contributed by atoms with van der Waals surface area (Å²) in [4.78, 5) is 28.9. The van der Waals surface area contributed by atoms with Gasteiger partial charge in [0.15, 0.2) is 0 Å². The van der Waals surface area contributed by atoms with Crippen molar-refractivity contribution in [2.45, 2.75) is 19.8 Å². The fourth-order valence-corrected chi connectivity index (χ4v) is 2.01. The molecule has 0 bridgehead atoms. The highest BCUT2D eigenvalue weighted by Crippen LogP contribution is 2.32. The molecule has 0 spiro atoms. The van der Waals surface area contributed by atoms with Crippen LogP contribution in [0.2, 0.25) is 0 Å². The highest BCUT2D eigenvalue weighted by molar-refractivity contribution is 6.10. The number of benzene rings is 1. The van der Waals surface area contributed by atoms with Gasteiger partial charge in [-0.2, -0.15) is 5.06 Å². The first kappa shape index (κ1) is 14.3. The van der Waals surface area contributed by atoms with Crippen LogP contribution in [0.5, 0.6) is 0 Å². The summed E-state index contributed by atoms with van der Waals surface area (Å²) in [5.74, 6) is -0.754. The van der Waals surface area contributed by atoms with E-state index in [1.165, 1.54) is 13.2 Å². The molecule has 106 valence electrons. The molecule has 1 aromatic carbocycles. The first-order valence-electron chi connectivity index (χ1n) is 6.55. The number of esters is 1. The van der Waals surface area contributed by atoms with Gasteiger partial charge < -0.3 is 4.74 Å². The molecule has 1 aromatic rings. The van der Waals surface area contributed by atoms with E-state index >= 15 is 0 Å². The van der Waals surface area contributed by atoms with Gasteiger partial charge in [-0.1, -0.05) is 31.5 Å². The average molecular weight is 275 g/mol. The number of carbonyl (C=O) groups excluding carboxylic acids is 2. The second kappa shape index (κ2) is 6.34. The number of rotatable bonds is 5. The van der Waals surface area contributed by atoms with Crippen LogP contribution in [0.1, 0.15) is 35.7 Å². The van der Waals surface area contributed by atoms with E-state index in [2.05, 4.69) is 0 Å². The molecule has 0 saturated carbocycles. The second-order valence-electron chi connectivity index (χ2n) is 4.38. The monoisotopic (exact) mass is 275 g/mol. The smallest absolute Gasteiger partial charge is 0.332 e. The summed E-state index contributed by atoms with van der Waals surface area (Å²) in [6, 6.07) is 7.05. The minimum Gasteiger partial charge on any atom is -0.462 e. The Labute approximate surface area is 117 Å². The highest BCUT2D eigenvalue weighted by Gasteiger charge is 2.33. The van der Waals surface area contributed by atoms with Crippen molar-refractivity contribution >= 4 is 17.6 Å². The minimum absolute atomic E-state index is 0.282. The van der Waals surface area contributed by atoms with Gasteiger partial charge in [-0.25, -0.2) is 4.79 Å². The lowest BCUT2D eigenvalue weighted by atomic mass is 10.1. The summed E-state index contributed by atoms with van der Waals surface area (Å²) in [5, 5.41) is 1.10. The van der Waals surface area contributed by atoms with E-state index in [0.29, 0.717) is 23.4 Å². The number of carbonyl (C=O) groups is 2. The summed E-state index contributed by atoms with van der Waals surface area (Å²) >= 11 is 0. The third-order valence-electron chi connectivity index (χ3n) is 3.02. The first-order valence-corrected chi connectivity index (χ1v) is 6.55. The Balaban J connectivity index is 2.25. The highest BCUT2D eigenvalue weighted by atomic mass is 16.7. The SMILES string of the molecule is CCCCOC(=O)/C=C1\c2ccccc2C(=O)N1OC. The molecular formula is C15H17NO4. The lowest BCUT2D eigenvalue weighted by Gasteiger charge is -2.14. The van der Waals surface area contributed by atoms with Crippen molar-refractivity contribution in [1.29, 1.82) is 0 Å². The van der Waals surface area contributed by atoms with E-state index in [4.69, 9.17) is 9.57 Å². The molecule has 0 saturated heterocycles. The van der Waals surface area contributed by atoms with Crippen LogP contribution in [0.3, 0.4) is 0 Å². The zero-order valence-electron chi connectivity index (χ0n) is 11.6. The van der Waals surface area contributed by atoms with Gasteiger partial charge in [-0.15, -0.1) is 0 Å². The molecule has 1 heterocycles. The molecular weight excluding hydrogens is 258 g/mol. The molecule has 0 aliphatic carbocycles. The van der Waals surface area contributed by atoms with Gasteiger partial charge in [0, 0.05) is 5.56 Å². The number of hydroxylamine groups is 2. The van der Waals surface area contributed by atoms with Gasteiger partial charge in [0.05, 0.1) is 31.1 Å². The van der Waals surface area contributed by atoms with Gasteiger partial charge in [0.25, 0.3) is 5.91 Å². The average Bonchev–Trinajstić information content (AvgIpc) is 2.72. The third-order valence-corrected chi connectivity index (χ3v) is 3.02. The van der Waals surface area contributed by atoms with Crippen molar-refractivity contribution in [1.82, 2.24) is 5.06 Å². The predicted octanol–water partition coefficient (Wildman–Crippen LogP) is 2.39. The summed E-state index contributed by atoms with van der Waals surface area (Å²) in [5.41, 5.74) is 1.60. The maximum absolute atomic E-state index is 12.1. The van der Waals surface area contributed by atoms with Gasteiger partial charge in [0.2, 0.25) is 0 Å². The van der Waals surface area contributed by atoms with Gasteiger partial charge >= 0.3 is 5.97 Å². The number of unbranched alkanes of at least 4 members (excludes halogenated alkanes) is 1. The quantitative estimate of drug-likeness (QED) is 0.470. The van der Waals surface area contributed by atoms with Crippen LogP contribution in [0.4, 0.5) is 0 Å². The van der Waals surface area contributed by atoms with Crippen molar-refractivity contribution < 1.29 is 19.2 Å². The molecule has 1 aliphatic rings. The summed E-state index contributed by atoms with van der Waals surface area (Å²) < 4.78 is 5.08. The van der Waals surface area contributed by atoms with Crippen LogP contribution >= 0.6 is 0 Å². The van der Waals surface area contributed by atoms with Crippen LogP contribution in [0.25, 0.3) is 5.70 Å². The van der Waals surface area contributed by atoms with Crippen LogP contribution < -0.4 is 0 Å². The van der Waals surface area contributed by atoms with Crippen LogP contribution in [0, 0.1) is 0 Å². The Hall–Kier alpha value is -2.14. The Kier molecular flexibility index (Phi) is 4.53. The van der Waals surface area contributed by atoms with Crippen molar-refractivity contribution in [2.75, 3.05) is 13.7 Å². The number of amides is 1. The van der Waals surface area contributed by atoms with E-state index in [0.717, 1.165) is 17.9 Å². The molecule has 1 aliphatic heterocycles. The van der Waals surface area contributed by atoms with E-state index < -0.39 is 5.97 Å². The Morgan fingerprint density at radius 1 is 1.30 bits per heavy atom. The van der Waals surface area contributed by atoms with E-state index in [1.54, 1.807) is 18.2 Å². The molecule has 0 fully saturated rings. The molecule has 5 nitrogen and oxygen atoms in total. The van der Waals surface area contributed by atoms with E-state index in [-0.39, 0.29) is 5.91 Å². The standard InChI is InChI=1S/C15H17NO4/c1-3-4-9-20-14(17)10-13-11-7-5-6-8-12(11)15(18)16(13)19-2/h5-8,10H,3-4,9H2,1-2H3/b13-10+. The fraction of sp³-hybridized carbons (Fsp3) is 0.333. The fourth-order valence-electron chi connectivity index (χ4n) is 2.01. The molecule has 0 N–H and O–H groups in total. The summed E-state index contributed by atoms with van der Waals surface area (Å²) in [6.45, 7) is 2.40. The van der Waals surface area contributed by atoms with Crippen LogP contribution in [-0.2, 0) is 14.4 Å². The van der Waals surface area contributed by atoms with E-state index in [1.807, 2.05) is 13.0 Å². The Bertz CT molecular complexity index is 551. The van der Waals surface area contributed by atoms with Gasteiger partial charge in [-0.05, 0) is 12.5 Å². The van der Waals surface area contributed by atoms with Crippen molar-refractivity contribution in [3.05, 3.63) is 41.5 Å². The molecule has 1 amide bonds. The summed E-state index contributed by atoms with van der Waals surface area (Å²) in [7, 11) is 1.39. The number of ether oxygens (including phenoxy) is 1. The van der Waals surface area contributed by atoms with Gasteiger partial charge in [-0.3, -0.25) is 9.63 Å². The van der Waals surface area contributed by atoms with Crippen LogP contribution in [0.15, 0.2) is 30.3 Å². The second-order valence-corrected chi connectivity index (χ2v) is 4.38. The molecule has 0 aromatic heterocycles.